The topological polar surface area (TPSA) is 81.1 Å². The van der Waals surface area contributed by atoms with Crippen molar-refractivity contribution in [3.63, 3.8) is 0 Å². The van der Waals surface area contributed by atoms with Crippen molar-refractivity contribution in [2.24, 2.45) is 0 Å². The maximum atomic E-state index is 12.4. The average molecular weight is 376 g/mol. The normalized spacial score (nSPS) is 11.3. The highest BCUT2D eigenvalue weighted by molar-refractivity contribution is 7.89. The van der Waals surface area contributed by atoms with Gasteiger partial charge in [-0.3, -0.25) is 4.79 Å². The Labute approximate surface area is 150 Å². The first-order valence-electron chi connectivity index (χ1n) is 7.27. The van der Waals surface area contributed by atoms with Gasteiger partial charge in [0.15, 0.2) is 0 Å². The Kier molecular flexibility index (Phi) is 4.61. The zero-order valence-corrected chi connectivity index (χ0v) is 14.8. The van der Waals surface area contributed by atoms with E-state index in [4.69, 9.17) is 11.6 Å². The molecule has 1 N–H and O–H groups in total. The van der Waals surface area contributed by atoms with Crippen molar-refractivity contribution in [2.45, 2.75) is 0 Å². The quantitative estimate of drug-likeness (QED) is 0.760. The van der Waals surface area contributed by atoms with E-state index < -0.39 is 15.9 Å². The average Bonchev–Trinajstić information content (AvgIpc) is 3.00. The van der Waals surface area contributed by atoms with Gasteiger partial charge < -0.3 is 0 Å². The van der Waals surface area contributed by atoms with Crippen LogP contribution in [0.3, 0.4) is 0 Å². The minimum absolute atomic E-state index is 0.113. The maximum absolute atomic E-state index is 12.4. The van der Waals surface area contributed by atoms with E-state index in [1.807, 2.05) is 10.8 Å². The molecule has 0 unspecified atom stereocenters. The molecule has 1 aromatic heterocycles. The van der Waals surface area contributed by atoms with E-state index in [1.165, 1.54) is 10.7 Å². The number of aromatic nitrogens is 2. The molecule has 0 aliphatic rings. The Bertz CT molecular complexity index is 1010. The van der Waals surface area contributed by atoms with Crippen LogP contribution in [0.15, 0.2) is 60.7 Å². The van der Waals surface area contributed by atoms with Gasteiger partial charge in [0, 0.05) is 10.6 Å². The summed E-state index contributed by atoms with van der Waals surface area (Å²) < 4.78 is 26.2. The standard InChI is InChI=1S/C17H14ClN3O3S/c1-25(23,24)20-17(22)16-11-15(12-7-9-13(18)10-8-12)19-21(16)14-5-3-2-4-6-14/h2-11H,1H3,(H,20,22). The first kappa shape index (κ1) is 17.2. The molecule has 2 aromatic carbocycles. The smallest absolute Gasteiger partial charge is 0.266 e. The van der Waals surface area contributed by atoms with Crippen molar-refractivity contribution < 1.29 is 13.2 Å². The van der Waals surface area contributed by atoms with Crippen molar-refractivity contribution in [2.75, 3.05) is 6.26 Å². The fraction of sp³-hybridized carbons (Fsp3) is 0.0588. The summed E-state index contributed by atoms with van der Waals surface area (Å²) in [6.45, 7) is 0. The monoisotopic (exact) mass is 375 g/mol. The third kappa shape index (κ3) is 4.07. The van der Waals surface area contributed by atoms with Crippen LogP contribution in [0.5, 0.6) is 0 Å². The van der Waals surface area contributed by atoms with Crippen molar-refractivity contribution >= 4 is 27.5 Å². The van der Waals surface area contributed by atoms with Crippen LogP contribution >= 0.6 is 11.6 Å². The molecule has 8 heteroatoms. The number of halogens is 1. The zero-order chi connectivity index (χ0) is 18.0. The lowest BCUT2D eigenvalue weighted by Gasteiger charge is -2.06. The first-order valence-corrected chi connectivity index (χ1v) is 9.54. The Morgan fingerprint density at radius 3 is 2.32 bits per heavy atom. The Morgan fingerprint density at radius 2 is 1.72 bits per heavy atom. The molecule has 3 aromatic rings. The van der Waals surface area contributed by atoms with E-state index in [1.54, 1.807) is 48.5 Å². The summed E-state index contributed by atoms with van der Waals surface area (Å²) in [4.78, 5) is 12.4. The highest BCUT2D eigenvalue weighted by atomic mass is 35.5. The molecule has 0 fully saturated rings. The molecule has 0 saturated heterocycles. The van der Waals surface area contributed by atoms with E-state index in [2.05, 4.69) is 5.10 Å². The van der Waals surface area contributed by atoms with Gasteiger partial charge in [-0.15, -0.1) is 0 Å². The zero-order valence-electron chi connectivity index (χ0n) is 13.2. The van der Waals surface area contributed by atoms with Gasteiger partial charge in [-0.25, -0.2) is 17.8 Å². The number of para-hydroxylation sites is 1. The van der Waals surface area contributed by atoms with Crippen molar-refractivity contribution in [1.29, 1.82) is 0 Å². The van der Waals surface area contributed by atoms with Crippen molar-refractivity contribution in [1.82, 2.24) is 14.5 Å². The van der Waals surface area contributed by atoms with E-state index in [0.717, 1.165) is 11.8 Å². The Morgan fingerprint density at radius 1 is 1.08 bits per heavy atom. The van der Waals surface area contributed by atoms with E-state index in [-0.39, 0.29) is 5.69 Å². The number of carbonyl (C=O) groups is 1. The number of hydrogen-bond donors (Lipinski definition) is 1. The van der Waals surface area contributed by atoms with Gasteiger partial charge in [-0.05, 0) is 30.3 Å². The summed E-state index contributed by atoms with van der Waals surface area (Å²) in [6.07, 6.45) is 0.925. The summed E-state index contributed by atoms with van der Waals surface area (Å²) in [6, 6.07) is 17.5. The number of nitrogens with one attached hydrogen (secondary N) is 1. The van der Waals surface area contributed by atoms with Gasteiger partial charge in [0.05, 0.1) is 17.6 Å². The van der Waals surface area contributed by atoms with Gasteiger partial charge in [0.1, 0.15) is 5.69 Å². The van der Waals surface area contributed by atoms with E-state index in [0.29, 0.717) is 16.4 Å². The van der Waals surface area contributed by atoms with Crippen LogP contribution in [0.25, 0.3) is 16.9 Å². The molecule has 1 heterocycles. The largest absolute Gasteiger partial charge is 0.283 e. The number of carbonyl (C=O) groups excluding carboxylic acids is 1. The molecule has 0 saturated carbocycles. The lowest BCUT2D eigenvalue weighted by molar-refractivity contribution is 0.0974. The van der Waals surface area contributed by atoms with Crippen LogP contribution in [-0.2, 0) is 10.0 Å². The Hall–Kier alpha value is -2.64. The molecule has 3 rings (SSSR count). The molecular formula is C17H14ClN3O3S. The molecule has 25 heavy (non-hydrogen) atoms. The first-order chi connectivity index (χ1) is 11.8. The van der Waals surface area contributed by atoms with Gasteiger partial charge >= 0.3 is 0 Å². The second kappa shape index (κ2) is 6.70. The summed E-state index contributed by atoms with van der Waals surface area (Å²) >= 11 is 5.90. The van der Waals surface area contributed by atoms with Gasteiger partial charge in [0.2, 0.25) is 10.0 Å². The molecule has 6 nitrogen and oxygen atoms in total. The molecule has 128 valence electrons. The highest BCUT2D eigenvalue weighted by Gasteiger charge is 2.20. The fourth-order valence-electron chi connectivity index (χ4n) is 2.29. The third-order valence-electron chi connectivity index (χ3n) is 3.36. The molecule has 0 bridgehead atoms. The van der Waals surface area contributed by atoms with Gasteiger partial charge in [-0.2, -0.15) is 5.10 Å². The summed E-state index contributed by atoms with van der Waals surface area (Å²) in [5.74, 6) is -0.751. The molecular weight excluding hydrogens is 362 g/mol. The molecule has 0 spiro atoms. The third-order valence-corrected chi connectivity index (χ3v) is 4.17. The molecule has 0 radical (unpaired) electrons. The predicted octanol–water partition coefficient (Wildman–Crippen LogP) is 2.88. The van der Waals surface area contributed by atoms with Gasteiger partial charge in [0.25, 0.3) is 5.91 Å². The van der Waals surface area contributed by atoms with Crippen LogP contribution in [0.1, 0.15) is 10.5 Å². The second-order valence-corrected chi connectivity index (χ2v) is 7.56. The number of sulfonamides is 1. The van der Waals surface area contributed by atoms with Crippen molar-refractivity contribution in [3.05, 3.63) is 71.4 Å². The van der Waals surface area contributed by atoms with E-state index >= 15 is 0 Å². The summed E-state index contributed by atoms with van der Waals surface area (Å²) in [5, 5.41) is 5.03. The maximum Gasteiger partial charge on any atom is 0.283 e. The predicted molar refractivity (Wildman–Crippen MR) is 96.3 cm³/mol. The SMILES string of the molecule is CS(=O)(=O)NC(=O)c1cc(-c2ccc(Cl)cc2)nn1-c1ccccc1. The van der Waals surface area contributed by atoms with Crippen LogP contribution in [0.2, 0.25) is 5.02 Å². The van der Waals surface area contributed by atoms with Crippen LogP contribution in [0.4, 0.5) is 0 Å². The lowest BCUT2D eigenvalue weighted by atomic mass is 10.1. The summed E-state index contributed by atoms with van der Waals surface area (Å²) in [7, 11) is -3.69. The number of benzene rings is 2. The molecule has 1 amide bonds. The van der Waals surface area contributed by atoms with E-state index in [9.17, 15) is 13.2 Å². The molecule has 0 aliphatic carbocycles. The molecule has 0 aliphatic heterocycles. The van der Waals surface area contributed by atoms with Gasteiger partial charge in [-0.1, -0.05) is 41.9 Å². The van der Waals surface area contributed by atoms with Crippen LogP contribution < -0.4 is 4.72 Å². The number of rotatable bonds is 4. The second-order valence-electron chi connectivity index (χ2n) is 5.37. The number of nitrogens with zero attached hydrogens (tertiary/aromatic N) is 2. The number of hydrogen-bond acceptors (Lipinski definition) is 4. The van der Waals surface area contributed by atoms with Crippen LogP contribution in [0, 0.1) is 0 Å². The Balaban J connectivity index is 2.11. The lowest BCUT2D eigenvalue weighted by Crippen LogP contribution is -2.31. The highest BCUT2D eigenvalue weighted by Crippen LogP contribution is 2.23. The minimum Gasteiger partial charge on any atom is -0.266 e. The van der Waals surface area contributed by atoms with Crippen LogP contribution in [-0.4, -0.2) is 30.4 Å². The fourth-order valence-corrected chi connectivity index (χ4v) is 2.86. The molecule has 0 atom stereocenters. The van der Waals surface area contributed by atoms with Crippen molar-refractivity contribution in [3.8, 4) is 16.9 Å². The summed E-state index contributed by atoms with van der Waals surface area (Å²) in [5.41, 5.74) is 2.04. The number of amides is 1. The minimum atomic E-state index is -3.69.